The number of fused-ring (bicyclic) bond motifs is 8. The van der Waals surface area contributed by atoms with Crippen molar-refractivity contribution in [2.45, 2.75) is 73.3 Å². The number of esters is 2. The van der Waals surface area contributed by atoms with Crippen LogP contribution in [0.3, 0.4) is 0 Å². The third-order valence-corrected chi connectivity index (χ3v) is 8.36. The summed E-state index contributed by atoms with van der Waals surface area (Å²) in [5.74, 6) is -2.93. The predicted octanol–water partition coefficient (Wildman–Crippen LogP) is 7.34. The molecule has 0 amide bonds. The van der Waals surface area contributed by atoms with Crippen molar-refractivity contribution in [2.75, 3.05) is 0 Å². The molecule has 3 aromatic rings. The molecule has 5 heterocycles. The van der Waals surface area contributed by atoms with E-state index in [2.05, 4.69) is 16.5 Å². The molecule has 2 atom stereocenters. The largest absolute Gasteiger partial charge is 0.478 e. The molecule has 0 spiro atoms. The summed E-state index contributed by atoms with van der Waals surface area (Å²) < 4.78 is 11.6. The standard InChI is InChI=1S/C34H36N4O6/c1-9-20-15(4)22-12-25-18(7)32(44-28(40)11-3)31(38-25)33(43-19(8)39)30-29(34(41)42)17(6)24(37-30)14-27-21(10-2)16(5)23(36-27)13-26(20)35-22/h9,12-14,18,32,35,37H,1,10-11H2,2-8H3,(H,41,42). The molecule has 2 aliphatic rings. The Hall–Kier alpha value is -4.99. The van der Waals surface area contributed by atoms with Crippen LogP contribution in [-0.2, 0) is 14.3 Å². The van der Waals surface area contributed by atoms with E-state index >= 15 is 0 Å². The van der Waals surface area contributed by atoms with Crippen molar-refractivity contribution in [3.63, 3.8) is 0 Å². The van der Waals surface area contributed by atoms with Crippen LogP contribution in [0.4, 0.5) is 0 Å². The van der Waals surface area contributed by atoms with Crippen LogP contribution in [-0.4, -0.2) is 43.0 Å². The molecule has 8 bridgehead atoms. The number of aryl methyl sites for hydroxylation is 2. The van der Waals surface area contributed by atoms with Crippen molar-refractivity contribution < 1.29 is 29.0 Å². The molecule has 0 saturated heterocycles. The average molecular weight is 597 g/mol. The summed E-state index contributed by atoms with van der Waals surface area (Å²) in [4.78, 5) is 54.3. The lowest BCUT2D eigenvalue weighted by atomic mass is 10.00. The van der Waals surface area contributed by atoms with E-state index in [9.17, 15) is 19.5 Å². The fraction of sp³-hybridized carbons (Fsp3) is 0.324. The quantitative estimate of drug-likeness (QED) is 0.251. The summed E-state index contributed by atoms with van der Waals surface area (Å²) in [5.41, 5.74) is 8.54. The van der Waals surface area contributed by atoms with Crippen LogP contribution in [0.1, 0.15) is 109 Å². The minimum absolute atomic E-state index is 0.0497. The first kappa shape index (κ1) is 30.5. The predicted molar refractivity (Wildman–Crippen MR) is 169 cm³/mol. The Balaban J connectivity index is 2.06. The highest BCUT2D eigenvalue weighted by Crippen LogP contribution is 2.44. The zero-order chi connectivity index (χ0) is 32.0. The summed E-state index contributed by atoms with van der Waals surface area (Å²) in [6.45, 7) is 16.5. The molecule has 228 valence electrons. The fourth-order valence-corrected chi connectivity index (χ4v) is 5.92. The normalized spacial score (nSPS) is 16.2. The number of carbonyl (C=O) groups is 3. The Morgan fingerprint density at radius 3 is 2.30 bits per heavy atom. The van der Waals surface area contributed by atoms with Crippen molar-refractivity contribution in [2.24, 2.45) is 0 Å². The van der Waals surface area contributed by atoms with Crippen molar-refractivity contribution >= 4 is 57.2 Å². The van der Waals surface area contributed by atoms with E-state index in [0.29, 0.717) is 28.9 Å². The van der Waals surface area contributed by atoms with Gasteiger partial charge in [-0.1, -0.05) is 33.4 Å². The van der Waals surface area contributed by atoms with Gasteiger partial charge < -0.3 is 24.5 Å². The molecule has 0 radical (unpaired) electrons. The third kappa shape index (κ3) is 5.10. The molecule has 0 saturated carbocycles. The molecule has 10 heteroatoms. The number of aromatic amines is 2. The van der Waals surface area contributed by atoms with Gasteiger partial charge in [-0.25, -0.2) is 14.8 Å². The maximum Gasteiger partial charge on any atom is 0.338 e. The summed E-state index contributed by atoms with van der Waals surface area (Å²) in [6.07, 6.45) is 1.67. The lowest BCUT2D eigenvalue weighted by Gasteiger charge is -2.18. The van der Waals surface area contributed by atoms with Gasteiger partial charge in [-0.3, -0.25) is 9.59 Å². The Labute approximate surface area is 254 Å². The van der Waals surface area contributed by atoms with Gasteiger partial charge in [0.15, 0.2) is 11.9 Å². The van der Waals surface area contributed by atoms with Gasteiger partial charge in [0.25, 0.3) is 0 Å². The van der Waals surface area contributed by atoms with Gasteiger partial charge in [0.2, 0.25) is 0 Å². The highest BCUT2D eigenvalue weighted by molar-refractivity contribution is 6.03. The maximum atomic E-state index is 12.7. The van der Waals surface area contributed by atoms with E-state index in [1.165, 1.54) is 6.92 Å². The number of ether oxygens (including phenoxy) is 2. The summed E-state index contributed by atoms with van der Waals surface area (Å²) >= 11 is 0. The highest BCUT2D eigenvalue weighted by Gasteiger charge is 2.36. The molecule has 0 aromatic carbocycles. The van der Waals surface area contributed by atoms with E-state index in [0.717, 1.165) is 39.0 Å². The zero-order valence-electron chi connectivity index (χ0n) is 26.0. The monoisotopic (exact) mass is 596 g/mol. The highest BCUT2D eigenvalue weighted by atomic mass is 16.6. The van der Waals surface area contributed by atoms with Crippen LogP contribution >= 0.6 is 0 Å². The van der Waals surface area contributed by atoms with Gasteiger partial charge in [0, 0.05) is 47.1 Å². The van der Waals surface area contributed by atoms with Gasteiger partial charge >= 0.3 is 17.9 Å². The first-order chi connectivity index (χ1) is 20.9. The Bertz CT molecular complexity index is 1940. The lowest BCUT2D eigenvalue weighted by molar-refractivity contribution is -0.150. The number of nitrogens with zero attached hydrogens (tertiary/aromatic N) is 2. The number of carbonyl (C=O) groups excluding carboxylic acids is 2. The van der Waals surface area contributed by atoms with E-state index in [4.69, 9.17) is 19.4 Å². The minimum Gasteiger partial charge on any atom is -0.478 e. The minimum atomic E-state index is -1.22. The second kappa shape index (κ2) is 11.6. The Morgan fingerprint density at radius 1 is 1.00 bits per heavy atom. The van der Waals surface area contributed by atoms with Crippen LogP contribution in [0.25, 0.3) is 39.3 Å². The van der Waals surface area contributed by atoms with Crippen molar-refractivity contribution in [1.82, 2.24) is 19.9 Å². The number of carboxylic acid groups (broad SMARTS) is 1. The number of allylic oxidation sites excluding steroid dienone is 2. The number of hydrogen-bond donors (Lipinski definition) is 3. The molecule has 44 heavy (non-hydrogen) atoms. The number of aromatic nitrogens is 4. The van der Waals surface area contributed by atoms with Gasteiger partial charge in [0.05, 0.1) is 22.5 Å². The number of hydrogen-bond acceptors (Lipinski definition) is 7. The number of carboxylic acids is 1. The van der Waals surface area contributed by atoms with E-state index in [-0.39, 0.29) is 28.9 Å². The van der Waals surface area contributed by atoms with Crippen molar-refractivity contribution in [3.05, 3.63) is 69.8 Å². The number of aromatic carboxylic acids is 1. The second-order valence-corrected chi connectivity index (χ2v) is 11.1. The van der Waals surface area contributed by atoms with Gasteiger partial charge in [-0.2, -0.15) is 0 Å². The molecule has 2 aliphatic heterocycles. The second-order valence-electron chi connectivity index (χ2n) is 11.1. The molecular formula is C34H36N4O6. The maximum absolute atomic E-state index is 12.7. The van der Waals surface area contributed by atoms with E-state index in [1.807, 2.05) is 45.9 Å². The van der Waals surface area contributed by atoms with Crippen LogP contribution in [0, 0.1) is 13.8 Å². The smallest absolute Gasteiger partial charge is 0.338 e. The van der Waals surface area contributed by atoms with Crippen LogP contribution in [0.2, 0.25) is 0 Å². The molecule has 3 aromatic heterocycles. The fourth-order valence-electron chi connectivity index (χ4n) is 5.92. The summed E-state index contributed by atoms with van der Waals surface area (Å²) in [5, 5.41) is 10.4. The molecule has 2 unspecified atom stereocenters. The molecule has 0 aliphatic carbocycles. The van der Waals surface area contributed by atoms with Crippen LogP contribution in [0.5, 0.6) is 5.75 Å². The molecule has 5 rings (SSSR count). The third-order valence-electron chi connectivity index (χ3n) is 8.36. The summed E-state index contributed by atoms with van der Waals surface area (Å²) in [7, 11) is 0. The summed E-state index contributed by atoms with van der Waals surface area (Å²) in [6, 6.07) is 5.67. The molecule has 0 fully saturated rings. The van der Waals surface area contributed by atoms with Crippen molar-refractivity contribution in [1.29, 1.82) is 0 Å². The Kier molecular flexibility index (Phi) is 8.03. The van der Waals surface area contributed by atoms with Crippen LogP contribution < -0.4 is 4.74 Å². The number of H-pyrrole nitrogens is 2. The zero-order valence-corrected chi connectivity index (χ0v) is 26.0. The van der Waals surface area contributed by atoms with Gasteiger partial charge in [0.1, 0.15) is 5.69 Å². The average Bonchev–Trinajstić information content (AvgIpc) is 3.65. The topological polar surface area (TPSA) is 147 Å². The van der Waals surface area contributed by atoms with Gasteiger partial charge in [-0.15, -0.1) is 0 Å². The number of rotatable bonds is 6. The van der Waals surface area contributed by atoms with E-state index in [1.54, 1.807) is 19.9 Å². The van der Waals surface area contributed by atoms with E-state index < -0.39 is 29.9 Å². The number of nitrogens with one attached hydrogen (secondary N) is 2. The lowest BCUT2D eigenvalue weighted by Crippen LogP contribution is -2.14. The van der Waals surface area contributed by atoms with Crippen molar-refractivity contribution in [3.8, 4) is 5.75 Å². The molecule has 3 N–H and O–H groups in total. The molecule has 10 nitrogen and oxygen atoms in total. The first-order valence-electron chi connectivity index (χ1n) is 14.6. The van der Waals surface area contributed by atoms with Gasteiger partial charge in [-0.05, 0) is 67.7 Å². The van der Waals surface area contributed by atoms with Crippen LogP contribution in [0.15, 0.2) is 24.8 Å². The molecular weight excluding hydrogens is 560 g/mol. The Morgan fingerprint density at radius 2 is 1.68 bits per heavy atom. The first-order valence-corrected chi connectivity index (χ1v) is 14.6. The SMILES string of the molecule is C=Cc1c(C)c2cc3nc(c(OC(C)=O)c4[nH]c(cc5nc(cc1[nH]2)C(C)=C5CC)c(C)c4C(=O)O)C(OC(=O)CC)C3C.